The molecule has 0 heterocycles. The van der Waals surface area contributed by atoms with Crippen LogP contribution in [0.2, 0.25) is 3.63 Å². The fraction of sp³-hybridized carbons (Fsp3) is 0.455. The Balaban J connectivity index is 0.00000113. The van der Waals surface area contributed by atoms with Gasteiger partial charge >= 0.3 is 153 Å². The standard InChI is InChI=1S/C13H15.C9H11.2HI.Zr/c1-2-3-6-11-9-12-7-4-5-8-13(12)10-11;1-2-5-9-7-3-6-8(9)4-1;;;/h4-5,7-10H,2-3,6H2,1H3;3,6-7H,1-2,4-5H2;2*1H;/q;;;;+2/p-2. The summed E-state index contributed by atoms with van der Waals surface area (Å²) in [6, 6.07) is 9.19. The van der Waals surface area contributed by atoms with Crippen LogP contribution in [0.15, 0.2) is 53.1 Å². The van der Waals surface area contributed by atoms with E-state index in [2.05, 4.69) is 49.4 Å². The zero-order chi connectivity index (χ0) is 15.6. The smallest absolute Gasteiger partial charge is 1.00 e. The number of benzene rings is 1. The third-order valence-corrected chi connectivity index (χ3v) is 10.3. The molecule has 132 valence electrons. The topological polar surface area (TPSA) is 0 Å². The van der Waals surface area contributed by atoms with Gasteiger partial charge in [-0.05, 0) is 0 Å². The van der Waals surface area contributed by atoms with Crippen LogP contribution in [0.3, 0.4) is 0 Å². The van der Waals surface area contributed by atoms with E-state index in [1.807, 2.05) is 5.57 Å². The molecule has 0 spiro atoms. The molecule has 3 heteroatoms. The molecule has 4 rings (SSSR count). The third kappa shape index (κ3) is 4.80. The Morgan fingerprint density at radius 2 is 1.88 bits per heavy atom. The first-order valence-corrected chi connectivity index (χ1v) is 12.2. The van der Waals surface area contributed by atoms with Crippen molar-refractivity contribution in [2.75, 3.05) is 0 Å². The van der Waals surface area contributed by atoms with Gasteiger partial charge in [0.25, 0.3) is 0 Å². The molecular formula is C22H26I2Zr. The van der Waals surface area contributed by atoms with Crippen molar-refractivity contribution in [3.8, 4) is 0 Å². The van der Waals surface area contributed by atoms with Gasteiger partial charge in [-0.3, -0.25) is 0 Å². The maximum absolute atomic E-state index is 2.58. The molecule has 0 amide bonds. The Labute approximate surface area is 198 Å². The molecular weight excluding hydrogens is 609 g/mol. The Bertz CT molecular complexity index is 687. The van der Waals surface area contributed by atoms with Gasteiger partial charge in [-0.2, -0.15) is 0 Å². The van der Waals surface area contributed by atoms with E-state index in [9.17, 15) is 0 Å². The third-order valence-electron chi connectivity index (χ3n) is 5.60. The zero-order valence-electron chi connectivity index (χ0n) is 14.9. The van der Waals surface area contributed by atoms with Crippen molar-refractivity contribution in [1.29, 1.82) is 0 Å². The van der Waals surface area contributed by atoms with Gasteiger partial charge < -0.3 is 48.0 Å². The van der Waals surface area contributed by atoms with Crippen molar-refractivity contribution in [3.63, 3.8) is 0 Å². The quantitative estimate of drug-likeness (QED) is 0.417. The van der Waals surface area contributed by atoms with Gasteiger partial charge in [-0.1, -0.05) is 0 Å². The zero-order valence-corrected chi connectivity index (χ0v) is 21.7. The molecule has 2 unspecified atom stereocenters. The first-order chi connectivity index (χ1) is 11.4. The van der Waals surface area contributed by atoms with Gasteiger partial charge in [-0.25, -0.2) is 0 Å². The Kier molecular flexibility index (Phi) is 9.15. The summed E-state index contributed by atoms with van der Waals surface area (Å²) in [5, 5.41) is 0. The molecule has 0 radical (unpaired) electrons. The number of allylic oxidation sites excluding steroid dienone is 5. The van der Waals surface area contributed by atoms with Crippen molar-refractivity contribution >= 4 is 6.08 Å². The number of hydrogen-bond donors (Lipinski definition) is 0. The maximum atomic E-state index is 2.58. The molecule has 0 aliphatic heterocycles. The fourth-order valence-corrected chi connectivity index (χ4v) is 9.21. The molecule has 0 bridgehead atoms. The predicted molar refractivity (Wildman–Crippen MR) is 95.1 cm³/mol. The maximum Gasteiger partial charge on any atom is -1.00 e. The van der Waals surface area contributed by atoms with Crippen molar-refractivity contribution in [3.05, 3.63) is 64.3 Å². The van der Waals surface area contributed by atoms with Crippen molar-refractivity contribution < 1.29 is 71.2 Å². The number of rotatable bonds is 5. The molecule has 0 saturated heterocycles. The van der Waals surface area contributed by atoms with E-state index in [4.69, 9.17) is 0 Å². The summed E-state index contributed by atoms with van der Waals surface area (Å²) in [6.45, 7) is 2.32. The van der Waals surface area contributed by atoms with E-state index in [-0.39, 0.29) is 48.0 Å². The molecule has 1 aromatic carbocycles. The van der Waals surface area contributed by atoms with Gasteiger partial charge in [0.2, 0.25) is 0 Å². The van der Waals surface area contributed by atoms with Crippen LogP contribution in [0.1, 0.15) is 66.6 Å². The normalized spacial score (nSPS) is 23.2. The molecule has 25 heavy (non-hydrogen) atoms. The molecule has 0 nitrogen and oxygen atoms in total. The Hall–Kier alpha value is 0.783. The monoisotopic (exact) mass is 634 g/mol. The second-order valence-corrected chi connectivity index (χ2v) is 10.9. The average molecular weight is 635 g/mol. The average Bonchev–Trinajstić information content (AvgIpc) is 3.16. The number of unbranched alkanes of at least 4 members (excludes halogenated alkanes) is 1. The van der Waals surface area contributed by atoms with E-state index in [1.54, 1.807) is 16.7 Å². The first kappa shape index (κ1) is 22.1. The van der Waals surface area contributed by atoms with Crippen LogP contribution in [0.5, 0.6) is 0 Å². The second kappa shape index (κ2) is 10.4. The van der Waals surface area contributed by atoms with Gasteiger partial charge in [0.1, 0.15) is 0 Å². The summed E-state index contributed by atoms with van der Waals surface area (Å²) in [6.07, 6.45) is 17.2. The van der Waals surface area contributed by atoms with Gasteiger partial charge in [0.05, 0.1) is 0 Å². The van der Waals surface area contributed by atoms with Crippen LogP contribution in [0.4, 0.5) is 0 Å². The summed E-state index contributed by atoms with van der Waals surface area (Å²) >= 11 is -0.533. The van der Waals surface area contributed by atoms with Gasteiger partial charge in [-0.15, -0.1) is 0 Å². The summed E-state index contributed by atoms with van der Waals surface area (Å²) in [7, 11) is 0. The van der Waals surface area contributed by atoms with E-state index < -0.39 is 23.2 Å². The number of hydrogen-bond acceptors (Lipinski definition) is 0. The van der Waals surface area contributed by atoms with Crippen LogP contribution in [0, 0.1) is 0 Å². The molecule has 0 aromatic heterocycles. The summed E-state index contributed by atoms with van der Waals surface area (Å²) < 4.78 is 1.69. The minimum atomic E-state index is -0.533. The van der Waals surface area contributed by atoms with Crippen molar-refractivity contribution in [2.45, 2.75) is 59.1 Å². The van der Waals surface area contributed by atoms with Gasteiger partial charge in [0.15, 0.2) is 0 Å². The molecule has 1 aromatic rings. The molecule has 0 fully saturated rings. The fourth-order valence-electron chi connectivity index (χ4n) is 4.34. The van der Waals surface area contributed by atoms with Crippen LogP contribution >= 0.6 is 0 Å². The van der Waals surface area contributed by atoms with E-state index >= 15 is 0 Å². The SMILES string of the molecule is CCCCC1=Cc2ccccc2[CH]1[Zr+2][CH]1C=CC2=C1CCCC2.[I-].[I-]. The van der Waals surface area contributed by atoms with Crippen molar-refractivity contribution in [1.82, 2.24) is 0 Å². The van der Waals surface area contributed by atoms with E-state index in [1.165, 1.54) is 50.5 Å². The second-order valence-electron chi connectivity index (χ2n) is 7.15. The minimum absolute atomic E-state index is 0. The van der Waals surface area contributed by atoms with Crippen LogP contribution in [-0.4, -0.2) is 0 Å². The van der Waals surface area contributed by atoms with E-state index in [0.717, 1.165) is 7.25 Å². The molecule has 3 aliphatic rings. The van der Waals surface area contributed by atoms with Gasteiger partial charge in [0, 0.05) is 0 Å². The van der Waals surface area contributed by atoms with Crippen molar-refractivity contribution in [2.24, 2.45) is 0 Å². The molecule has 0 N–H and O–H groups in total. The largest absolute Gasteiger partial charge is 1.00 e. The molecule has 0 saturated carbocycles. The minimum Gasteiger partial charge on any atom is -1.00 e. The molecule has 3 aliphatic carbocycles. The summed E-state index contributed by atoms with van der Waals surface area (Å²) in [5.41, 5.74) is 8.50. The number of halogens is 2. The van der Waals surface area contributed by atoms with Crippen LogP contribution < -0.4 is 48.0 Å². The Morgan fingerprint density at radius 1 is 1.08 bits per heavy atom. The predicted octanol–water partition coefficient (Wildman–Crippen LogP) is 0.634. The van der Waals surface area contributed by atoms with E-state index in [0.29, 0.717) is 0 Å². The Morgan fingerprint density at radius 3 is 2.72 bits per heavy atom. The number of fused-ring (bicyclic) bond motifs is 1. The summed E-state index contributed by atoms with van der Waals surface area (Å²) in [4.78, 5) is 0. The first-order valence-electron chi connectivity index (χ1n) is 9.32. The molecule has 2 atom stereocenters. The van der Waals surface area contributed by atoms with Crippen LogP contribution in [0.25, 0.3) is 6.08 Å². The van der Waals surface area contributed by atoms with Crippen LogP contribution in [-0.2, 0) is 23.2 Å². The summed E-state index contributed by atoms with van der Waals surface area (Å²) in [5.74, 6) is 0.